The Labute approximate surface area is 89.6 Å². The zero-order valence-electron chi connectivity index (χ0n) is 9.12. The fourth-order valence-corrected chi connectivity index (χ4v) is 2.05. The van der Waals surface area contributed by atoms with Gasteiger partial charge in [0.1, 0.15) is 11.4 Å². The van der Waals surface area contributed by atoms with Gasteiger partial charge >= 0.3 is 0 Å². The first-order valence-electron chi connectivity index (χ1n) is 5.11. The number of aliphatic hydroxyl groups is 1. The van der Waals surface area contributed by atoms with E-state index in [2.05, 4.69) is 0 Å². The monoisotopic (exact) mass is 208 g/mol. The molecule has 1 aliphatic rings. The van der Waals surface area contributed by atoms with Crippen molar-refractivity contribution < 1.29 is 14.6 Å². The van der Waals surface area contributed by atoms with Crippen LogP contribution >= 0.6 is 0 Å². The van der Waals surface area contributed by atoms with Gasteiger partial charge in [0.2, 0.25) is 0 Å². The average molecular weight is 208 g/mol. The molecule has 0 aliphatic carbocycles. The Balaban J connectivity index is 2.36. The second-order valence-electron chi connectivity index (χ2n) is 4.02. The van der Waals surface area contributed by atoms with Gasteiger partial charge in [-0.2, -0.15) is 0 Å². The van der Waals surface area contributed by atoms with E-state index in [-0.39, 0.29) is 0 Å². The molecule has 0 aromatic heterocycles. The Morgan fingerprint density at radius 2 is 2.27 bits per heavy atom. The minimum absolute atomic E-state index is 0.389. The molecule has 1 N–H and O–H groups in total. The van der Waals surface area contributed by atoms with Crippen molar-refractivity contribution in [3.05, 3.63) is 29.3 Å². The summed E-state index contributed by atoms with van der Waals surface area (Å²) in [6.07, 6.45) is 0.667. The number of aryl methyl sites for hydroxylation is 1. The van der Waals surface area contributed by atoms with Crippen LogP contribution in [0.3, 0.4) is 0 Å². The van der Waals surface area contributed by atoms with E-state index in [1.54, 1.807) is 7.11 Å². The van der Waals surface area contributed by atoms with Crippen LogP contribution in [0.2, 0.25) is 0 Å². The van der Waals surface area contributed by atoms with Gasteiger partial charge < -0.3 is 14.6 Å². The van der Waals surface area contributed by atoms with Gasteiger partial charge in [0.15, 0.2) is 0 Å². The van der Waals surface area contributed by atoms with Gasteiger partial charge in [-0.15, -0.1) is 0 Å². The van der Waals surface area contributed by atoms with Crippen LogP contribution in [0.5, 0.6) is 5.75 Å². The molecule has 0 saturated carbocycles. The Bertz CT molecular complexity index is 354. The van der Waals surface area contributed by atoms with E-state index in [1.165, 1.54) is 0 Å². The second kappa shape index (κ2) is 3.83. The van der Waals surface area contributed by atoms with Crippen LogP contribution in [-0.2, 0) is 10.3 Å². The molecular formula is C12H16O3. The average Bonchev–Trinajstić information content (AvgIpc) is 2.65. The number of hydrogen-bond acceptors (Lipinski definition) is 3. The van der Waals surface area contributed by atoms with E-state index in [1.807, 2.05) is 25.1 Å². The van der Waals surface area contributed by atoms with E-state index in [0.717, 1.165) is 16.9 Å². The minimum Gasteiger partial charge on any atom is -0.497 e. The predicted octanol–water partition coefficient (Wildman–Crippen LogP) is 1.61. The van der Waals surface area contributed by atoms with Crippen LogP contribution in [0.4, 0.5) is 0 Å². The molecule has 1 saturated heterocycles. The molecule has 3 nitrogen and oxygen atoms in total. The van der Waals surface area contributed by atoms with E-state index in [0.29, 0.717) is 19.6 Å². The van der Waals surface area contributed by atoms with Crippen LogP contribution < -0.4 is 4.74 Å². The lowest BCUT2D eigenvalue weighted by Crippen LogP contribution is -2.26. The third kappa shape index (κ3) is 1.85. The third-order valence-corrected chi connectivity index (χ3v) is 2.94. The highest BCUT2D eigenvalue weighted by atomic mass is 16.5. The number of hydrogen-bond donors (Lipinski definition) is 1. The molecule has 0 amide bonds. The number of rotatable bonds is 2. The third-order valence-electron chi connectivity index (χ3n) is 2.94. The molecule has 0 radical (unpaired) electrons. The van der Waals surface area contributed by atoms with Crippen molar-refractivity contribution in [3.8, 4) is 5.75 Å². The molecule has 1 fully saturated rings. The smallest absolute Gasteiger partial charge is 0.119 e. The molecule has 0 bridgehead atoms. The van der Waals surface area contributed by atoms with E-state index in [4.69, 9.17) is 9.47 Å². The normalized spacial score (nSPS) is 25.5. The summed E-state index contributed by atoms with van der Waals surface area (Å²) in [6, 6.07) is 5.73. The van der Waals surface area contributed by atoms with E-state index in [9.17, 15) is 5.11 Å². The lowest BCUT2D eigenvalue weighted by atomic mass is 9.89. The van der Waals surface area contributed by atoms with E-state index >= 15 is 0 Å². The molecule has 1 aliphatic heterocycles. The quantitative estimate of drug-likeness (QED) is 0.802. The van der Waals surface area contributed by atoms with Gasteiger partial charge in [-0.3, -0.25) is 0 Å². The van der Waals surface area contributed by atoms with Crippen LogP contribution in [0.25, 0.3) is 0 Å². The van der Waals surface area contributed by atoms with Crippen molar-refractivity contribution in [2.45, 2.75) is 18.9 Å². The van der Waals surface area contributed by atoms with Gasteiger partial charge in [-0.05, 0) is 30.2 Å². The first kappa shape index (κ1) is 10.5. The Hall–Kier alpha value is -1.06. The fourth-order valence-electron chi connectivity index (χ4n) is 2.05. The molecule has 2 rings (SSSR count). The molecule has 3 heteroatoms. The second-order valence-corrected chi connectivity index (χ2v) is 4.02. The summed E-state index contributed by atoms with van der Waals surface area (Å²) >= 11 is 0. The lowest BCUT2D eigenvalue weighted by Gasteiger charge is -2.23. The van der Waals surface area contributed by atoms with Crippen LogP contribution in [0.1, 0.15) is 17.5 Å². The maximum atomic E-state index is 10.3. The summed E-state index contributed by atoms with van der Waals surface area (Å²) in [4.78, 5) is 0. The van der Waals surface area contributed by atoms with Crippen molar-refractivity contribution in [1.29, 1.82) is 0 Å². The molecule has 1 heterocycles. The molecule has 1 unspecified atom stereocenters. The predicted molar refractivity (Wildman–Crippen MR) is 57.1 cm³/mol. The summed E-state index contributed by atoms with van der Waals surface area (Å²) in [7, 11) is 1.64. The molecule has 15 heavy (non-hydrogen) atoms. The summed E-state index contributed by atoms with van der Waals surface area (Å²) < 4.78 is 10.4. The van der Waals surface area contributed by atoms with Crippen molar-refractivity contribution in [3.63, 3.8) is 0 Å². The van der Waals surface area contributed by atoms with Crippen molar-refractivity contribution in [1.82, 2.24) is 0 Å². The van der Waals surface area contributed by atoms with Gasteiger partial charge in [0.25, 0.3) is 0 Å². The fraction of sp³-hybridized carbons (Fsp3) is 0.500. The zero-order chi connectivity index (χ0) is 10.9. The van der Waals surface area contributed by atoms with Crippen LogP contribution in [0.15, 0.2) is 18.2 Å². The molecule has 1 atom stereocenters. The zero-order valence-corrected chi connectivity index (χ0v) is 9.12. The first-order chi connectivity index (χ1) is 7.15. The number of benzene rings is 1. The number of methoxy groups -OCH3 is 1. The van der Waals surface area contributed by atoms with Crippen molar-refractivity contribution in [2.75, 3.05) is 20.3 Å². The molecule has 1 aromatic rings. The molecular weight excluding hydrogens is 192 g/mol. The summed E-state index contributed by atoms with van der Waals surface area (Å²) in [5.41, 5.74) is 1.18. The standard InChI is InChI=1S/C12H16O3/c1-9-7-10(14-2)3-4-11(9)12(13)5-6-15-8-12/h3-4,7,13H,5-6,8H2,1-2H3. The van der Waals surface area contributed by atoms with Crippen molar-refractivity contribution >= 4 is 0 Å². The summed E-state index contributed by atoms with van der Waals surface area (Å²) in [6.45, 7) is 3.00. The van der Waals surface area contributed by atoms with Crippen molar-refractivity contribution in [2.24, 2.45) is 0 Å². The van der Waals surface area contributed by atoms with Gasteiger partial charge in [-0.25, -0.2) is 0 Å². The Morgan fingerprint density at radius 1 is 1.47 bits per heavy atom. The van der Waals surface area contributed by atoms with Crippen LogP contribution in [0, 0.1) is 6.92 Å². The minimum atomic E-state index is -0.809. The Kier molecular flexibility index (Phi) is 2.67. The molecule has 82 valence electrons. The highest BCUT2D eigenvalue weighted by Gasteiger charge is 2.35. The summed E-state index contributed by atoms with van der Waals surface area (Å²) in [5.74, 6) is 0.818. The topological polar surface area (TPSA) is 38.7 Å². The van der Waals surface area contributed by atoms with Gasteiger partial charge in [0.05, 0.1) is 13.7 Å². The van der Waals surface area contributed by atoms with Gasteiger partial charge in [0, 0.05) is 13.0 Å². The Morgan fingerprint density at radius 3 is 2.80 bits per heavy atom. The summed E-state index contributed by atoms with van der Waals surface area (Å²) in [5, 5.41) is 10.3. The highest BCUT2D eigenvalue weighted by molar-refractivity contribution is 5.38. The van der Waals surface area contributed by atoms with E-state index < -0.39 is 5.60 Å². The first-order valence-corrected chi connectivity index (χ1v) is 5.11. The number of ether oxygens (including phenoxy) is 2. The largest absolute Gasteiger partial charge is 0.497 e. The maximum Gasteiger partial charge on any atom is 0.119 e. The van der Waals surface area contributed by atoms with Gasteiger partial charge in [-0.1, -0.05) is 6.07 Å². The highest BCUT2D eigenvalue weighted by Crippen LogP contribution is 2.33. The van der Waals surface area contributed by atoms with Crippen LogP contribution in [-0.4, -0.2) is 25.4 Å². The lowest BCUT2D eigenvalue weighted by molar-refractivity contribution is 0.0226. The SMILES string of the molecule is COc1ccc(C2(O)CCOC2)c(C)c1. The molecule has 0 spiro atoms. The maximum absolute atomic E-state index is 10.3. The molecule has 1 aromatic carbocycles.